The van der Waals surface area contributed by atoms with Crippen LogP contribution < -0.4 is 5.32 Å². The van der Waals surface area contributed by atoms with E-state index >= 15 is 0 Å². The molecule has 1 heterocycles. The number of hydrogen-bond acceptors (Lipinski definition) is 2. The third-order valence-electron chi connectivity index (χ3n) is 4.66. The number of carbonyl (C=O) groups is 1. The van der Waals surface area contributed by atoms with Gasteiger partial charge in [0.2, 0.25) is 5.91 Å². The molecule has 27 heavy (non-hydrogen) atoms. The molecule has 0 saturated heterocycles. The molecule has 0 spiro atoms. The molecular formula is C23H21N3O. The molecule has 4 heteroatoms. The van der Waals surface area contributed by atoms with Gasteiger partial charge >= 0.3 is 0 Å². The fraction of sp³-hybridized carbons (Fsp3) is 0.130. The minimum atomic E-state index is -0.0243. The summed E-state index contributed by atoms with van der Waals surface area (Å²) >= 11 is 0. The Balaban J connectivity index is 1.53. The second-order valence-electron chi connectivity index (χ2n) is 6.84. The summed E-state index contributed by atoms with van der Waals surface area (Å²) in [6.45, 7) is 4.10. The van der Waals surface area contributed by atoms with Crippen molar-refractivity contribution in [3.63, 3.8) is 0 Å². The van der Waals surface area contributed by atoms with Crippen LogP contribution in [0, 0.1) is 13.8 Å². The Kier molecular flexibility index (Phi) is 4.47. The van der Waals surface area contributed by atoms with Crippen LogP contribution in [0.4, 0.5) is 5.69 Å². The maximum absolute atomic E-state index is 12.5. The minimum Gasteiger partial charge on any atom is -0.338 e. The number of aryl methyl sites for hydroxylation is 2. The predicted octanol–water partition coefficient (Wildman–Crippen LogP) is 5.03. The average Bonchev–Trinajstić information content (AvgIpc) is 3.08. The molecule has 0 bridgehead atoms. The van der Waals surface area contributed by atoms with E-state index in [1.807, 2.05) is 67.6 Å². The van der Waals surface area contributed by atoms with Gasteiger partial charge in [-0.2, -0.15) is 0 Å². The molecule has 0 saturated carbocycles. The Bertz CT molecular complexity index is 1090. The number of aromatic amines is 1. The topological polar surface area (TPSA) is 57.8 Å². The molecule has 1 aromatic heterocycles. The summed E-state index contributed by atoms with van der Waals surface area (Å²) in [7, 11) is 0. The number of amides is 1. The van der Waals surface area contributed by atoms with Crippen molar-refractivity contribution in [2.24, 2.45) is 0 Å². The van der Waals surface area contributed by atoms with Crippen LogP contribution in [-0.2, 0) is 11.2 Å². The van der Waals surface area contributed by atoms with Gasteiger partial charge in [0.05, 0.1) is 17.5 Å². The molecule has 0 aliphatic carbocycles. The van der Waals surface area contributed by atoms with Crippen molar-refractivity contribution in [1.29, 1.82) is 0 Å². The summed E-state index contributed by atoms with van der Waals surface area (Å²) < 4.78 is 0. The lowest BCUT2D eigenvalue weighted by molar-refractivity contribution is -0.115. The number of benzene rings is 3. The fourth-order valence-corrected chi connectivity index (χ4v) is 3.26. The van der Waals surface area contributed by atoms with E-state index in [0.717, 1.165) is 39.2 Å². The quantitative estimate of drug-likeness (QED) is 0.539. The summed E-state index contributed by atoms with van der Waals surface area (Å²) in [5.74, 6) is 0.769. The summed E-state index contributed by atoms with van der Waals surface area (Å²) in [5.41, 5.74) is 7.02. The molecule has 0 atom stereocenters. The number of fused-ring (bicyclic) bond motifs is 1. The number of aromatic nitrogens is 2. The number of rotatable bonds is 4. The van der Waals surface area contributed by atoms with E-state index in [9.17, 15) is 4.79 Å². The molecule has 0 fully saturated rings. The van der Waals surface area contributed by atoms with Crippen molar-refractivity contribution in [1.82, 2.24) is 9.97 Å². The van der Waals surface area contributed by atoms with Crippen molar-refractivity contribution in [2.75, 3.05) is 5.32 Å². The summed E-state index contributed by atoms with van der Waals surface area (Å²) in [6, 6.07) is 21.8. The number of H-pyrrole nitrogens is 1. The zero-order valence-corrected chi connectivity index (χ0v) is 15.4. The van der Waals surface area contributed by atoms with Crippen LogP contribution in [0.2, 0.25) is 0 Å². The average molecular weight is 355 g/mol. The van der Waals surface area contributed by atoms with E-state index in [4.69, 9.17) is 0 Å². The first-order valence-corrected chi connectivity index (χ1v) is 9.00. The highest BCUT2D eigenvalue weighted by Crippen LogP contribution is 2.23. The van der Waals surface area contributed by atoms with Crippen molar-refractivity contribution in [3.05, 3.63) is 83.4 Å². The highest BCUT2D eigenvalue weighted by molar-refractivity contribution is 5.93. The Hall–Kier alpha value is -3.40. The lowest BCUT2D eigenvalue weighted by atomic mass is 10.0. The van der Waals surface area contributed by atoms with Gasteiger partial charge in [-0.25, -0.2) is 4.98 Å². The maximum atomic E-state index is 12.5. The van der Waals surface area contributed by atoms with E-state index in [1.165, 1.54) is 5.56 Å². The Morgan fingerprint density at radius 3 is 2.67 bits per heavy atom. The molecule has 0 aliphatic rings. The minimum absolute atomic E-state index is 0.0243. The van der Waals surface area contributed by atoms with E-state index < -0.39 is 0 Å². The standard InChI is InChI=1S/C23H21N3O/c1-15-10-11-17(16(2)12-15)14-22(27)24-19-7-5-6-18(13-19)23-25-20-8-3-4-9-21(20)26-23/h3-13H,14H2,1-2H3,(H,24,27)(H,25,26). The highest BCUT2D eigenvalue weighted by atomic mass is 16.1. The third kappa shape index (κ3) is 3.75. The number of carbonyl (C=O) groups excluding carboxylic acids is 1. The summed E-state index contributed by atoms with van der Waals surface area (Å²) in [5, 5.41) is 3.00. The van der Waals surface area contributed by atoms with Crippen LogP contribution >= 0.6 is 0 Å². The molecule has 3 aromatic carbocycles. The van der Waals surface area contributed by atoms with E-state index in [0.29, 0.717) is 6.42 Å². The lowest BCUT2D eigenvalue weighted by Crippen LogP contribution is -2.15. The molecule has 4 rings (SSSR count). The molecule has 1 amide bonds. The van der Waals surface area contributed by atoms with E-state index in [-0.39, 0.29) is 5.91 Å². The van der Waals surface area contributed by atoms with E-state index in [1.54, 1.807) is 0 Å². The number of imidazole rings is 1. The molecule has 134 valence electrons. The second-order valence-corrected chi connectivity index (χ2v) is 6.84. The van der Waals surface area contributed by atoms with Crippen LogP contribution in [0.3, 0.4) is 0 Å². The molecule has 4 aromatic rings. The smallest absolute Gasteiger partial charge is 0.228 e. The first-order chi connectivity index (χ1) is 13.1. The SMILES string of the molecule is Cc1ccc(CC(=O)Nc2cccc(-c3nc4ccccc4[nH]3)c2)c(C)c1. The van der Waals surface area contributed by atoms with Gasteiger partial charge in [-0.1, -0.05) is 48.0 Å². The maximum Gasteiger partial charge on any atom is 0.228 e. The van der Waals surface area contributed by atoms with Gasteiger partial charge in [0.25, 0.3) is 0 Å². The Labute approximate surface area is 158 Å². The van der Waals surface area contributed by atoms with Gasteiger partial charge in [-0.3, -0.25) is 4.79 Å². The van der Waals surface area contributed by atoms with E-state index in [2.05, 4.69) is 28.3 Å². The molecule has 4 nitrogen and oxygen atoms in total. The molecule has 0 aliphatic heterocycles. The van der Waals surface area contributed by atoms with Crippen LogP contribution in [0.5, 0.6) is 0 Å². The molecule has 0 unspecified atom stereocenters. The van der Waals surface area contributed by atoms with Crippen LogP contribution in [-0.4, -0.2) is 15.9 Å². The normalized spacial score (nSPS) is 10.9. The van der Waals surface area contributed by atoms with Gasteiger partial charge < -0.3 is 10.3 Å². The molecular weight excluding hydrogens is 334 g/mol. The first kappa shape index (κ1) is 17.0. The van der Waals surface area contributed by atoms with Crippen LogP contribution in [0.25, 0.3) is 22.4 Å². The first-order valence-electron chi connectivity index (χ1n) is 9.00. The number of anilines is 1. The highest BCUT2D eigenvalue weighted by Gasteiger charge is 2.09. The molecule has 2 N–H and O–H groups in total. The van der Waals surface area contributed by atoms with Gasteiger partial charge in [0.1, 0.15) is 5.82 Å². The van der Waals surface area contributed by atoms with Crippen molar-refractivity contribution in [2.45, 2.75) is 20.3 Å². The fourth-order valence-electron chi connectivity index (χ4n) is 3.26. The summed E-state index contributed by atoms with van der Waals surface area (Å²) in [6.07, 6.45) is 0.362. The Morgan fingerprint density at radius 2 is 1.85 bits per heavy atom. The van der Waals surface area contributed by atoms with Gasteiger partial charge in [-0.05, 0) is 49.2 Å². The number of nitrogens with zero attached hydrogens (tertiary/aromatic N) is 1. The van der Waals surface area contributed by atoms with Gasteiger partial charge in [-0.15, -0.1) is 0 Å². The Morgan fingerprint density at radius 1 is 1.00 bits per heavy atom. The zero-order chi connectivity index (χ0) is 18.8. The summed E-state index contributed by atoms with van der Waals surface area (Å²) in [4.78, 5) is 20.4. The monoisotopic (exact) mass is 355 g/mol. The number of hydrogen-bond donors (Lipinski definition) is 2. The van der Waals surface area contributed by atoms with Gasteiger partial charge in [0.15, 0.2) is 0 Å². The van der Waals surface area contributed by atoms with Crippen LogP contribution in [0.15, 0.2) is 66.7 Å². The van der Waals surface area contributed by atoms with Crippen LogP contribution in [0.1, 0.15) is 16.7 Å². The second kappa shape index (κ2) is 7.08. The number of nitrogens with one attached hydrogen (secondary N) is 2. The van der Waals surface area contributed by atoms with Gasteiger partial charge in [0, 0.05) is 11.3 Å². The predicted molar refractivity (Wildman–Crippen MR) is 110 cm³/mol. The van der Waals surface area contributed by atoms with Crippen molar-refractivity contribution < 1.29 is 4.79 Å². The number of para-hydroxylation sites is 2. The largest absolute Gasteiger partial charge is 0.338 e. The lowest BCUT2D eigenvalue weighted by Gasteiger charge is -2.09. The third-order valence-corrected chi connectivity index (χ3v) is 4.66. The van der Waals surface area contributed by atoms with Crippen molar-refractivity contribution >= 4 is 22.6 Å². The molecule has 0 radical (unpaired) electrons. The zero-order valence-electron chi connectivity index (χ0n) is 15.4. The van der Waals surface area contributed by atoms with Crippen molar-refractivity contribution in [3.8, 4) is 11.4 Å².